The summed E-state index contributed by atoms with van der Waals surface area (Å²) < 4.78 is 1.93. The molecule has 1 saturated heterocycles. The molecule has 0 saturated carbocycles. The first-order valence-electron chi connectivity index (χ1n) is 7.26. The molecule has 0 unspecified atom stereocenters. The molecule has 5 heteroatoms. The fourth-order valence-electron chi connectivity index (χ4n) is 2.78. The van der Waals surface area contributed by atoms with E-state index in [-0.39, 0.29) is 0 Å². The van der Waals surface area contributed by atoms with Crippen molar-refractivity contribution in [2.24, 2.45) is 7.05 Å². The number of aldehydes is 1. The highest BCUT2D eigenvalue weighted by molar-refractivity contribution is 5.72. The minimum absolute atomic E-state index is 0.499. The van der Waals surface area contributed by atoms with E-state index >= 15 is 0 Å². The standard InChI is InChI=1S/C16H20N4O/c1-18-12-15(13-21)17-16(18)20-9-7-19(8-10-20)11-14-5-3-2-4-6-14/h2-6,12-13H,7-11H2,1H3. The van der Waals surface area contributed by atoms with Crippen LogP contribution in [0.5, 0.6) is 0 Å². The molecule has 0 spiro atoms. The highest BCUT2D eigenvalue weighted by atomic mass is 16.1. The smallest absolute Gasteiger partial charge is 0.205 e. The number of piperazine rings is 1. The lowest BCUT2D eigenvalue weighted by molar-refractivity contribution is 0.111. The van der Waals surface area contributed by atoms with Crippen LogP contribution in [-0.4, -0.2) is 46.9 Å². The van der Waals surface area contributed by atoms with E-state index < -0.39 is 0 Å². The SMILES string of the molecule is Cn1cc(C=O)nc1N1CCN(Cc2ccccc2)CC1. The van der Waals surface area contributed by atoms with Crippen molar-refractivity contribution >= 4 is 12.2 Å². The Morgan fingerprint density at radius 3 is 2.48 bits per heavy atom. The molecule has 3 rings (SSSR count). The van der Waals surface area contributed by atoms with Gasteiger partial charge in [0.1, 0.15) is 5.69 Å². The first kappa shape index (κ1) is 13.8. The number of aromatic nitrogens is 2. The number of benzene rings is 1. The number of hydrogen-bond donors (Lipinski definition) is 0. The fourth-order valence-corrected chi connectivity index (χ4v) is 2.78. The molecular weight excluding hydrogens is 264 g/mol. The minimum Gasteiger partial charge on any atom is -0.340 e. The molecule has 0 N–H and O–H groups in total. The van der Waals surface area contributed by atoms with Gasteiger partial charge in [0.2, 0.25) is 5.95 Å². The number of nitrogens with zero attached hydrogens (tertiary/aromatic N) is 4. The molecule has 0 bridgehead atoms. The molecule has 0 atom stereocenters. The van der Waals surface area contributed by atoms with Crippen molar-refractivity contribution in [2.45, 2.75) is 6.54 Å². The first-order chi connectivity index (χ1) is 10.3. The zero-order valence-electron chi connectivity index (χ0n) is 12.3. The number of hydrogen-bond acceptors (Lipinski definition) is 4. The van der Waals surface area contributed by atoms with Gasteiger partial charge in [0, 0.05) is 46.0 Å². The molecule has 2 heterocycles. The zero-order chi connectivity index (χ0) is 14.7. The largest absolute Gasteiger partial charge is 0.340 e. The van der Waals surface area contributed by atoms with Gasteiger partial charge in [-0.15, -0.1) is 0 Å². The third-order valence-electron chi connectivity index (χ3n) is 3.90. The van der Waals surface area contributed by atoms with Gasteiger partial charge in [-0.2, -0.15) is 0 Å². The predicted octanol–water partition coefficient (Wildman–Crippen LogP) is 1.55. The maximum atomic E-state index is 10.8. The maximum absolute atomic E-state index is 10.8. The van der Waals surface area contributed by atoms with Gasteiger partial charge in [-0.05, 0) is 5.56 Å². The molecule has 2 aromatic rings. The zero-order valence-corrected chi connectivity index (χ0v) is 12.3. The molecule has 110 valence electrons. The predicted molar refractivity (Wildman–Crippen MR) is 82.5 cm³/mol. The summed E-state index contributed by atoms with van der Waals surface area (Å²) >= 11 is 0. The van der Waals surface area contributed by atoms with Crippen LogP contribution in [-0.2, 0) is 13.6 Å². The van der Waals surface area contributed by atoms with Crippen molar-refractivity contribution in [3.05, 3.63) is 47.8 Å². The summed E-state index contributed by atoms with van der Waals surface area (Å²) in [6.07, 6.45) is 2.58. The number of carbonyl (C=O) groups is 1. The second kappa shape index (κ2) is 6.10. The average Bonchev–Trinajstić information content (AvgIpc) is 2.90. The summed E-state index contributed by atoms with van der Waals surface area (Å²) in [5, 5.41) is 0. The molecular formula is C16H20N4O. The summed E-state index contributed by atoms with van der Waals surface area (Å²) in [6.45, 7) is 4.90. The highest BCUT2D eigenvalue weighted by Gasteiger charge is 2.20. The molecule has 1 aromatic heterocycles. The summed E-state index contributed by atoms with van der Waals surface area (Å²) in [5.74, 6) is 0.886. The average molecular weight is 284 g/mol. The second-order valence-electron chi connectivity index (χ2n) is 5.44. The topological polar surface area (TPSA) is 41.4 Å². The number of anilines is 1. The Kier molecular flexibility index (Phi) is 4.01. The molecule has 21 heavy (non-hydrogen) atoms. The van der Waals surface area contributed by atoms with Crippen LogP contribution in [0.1, 0.15) is 16.1 Å². The minimum atomic E-state index is 0.499. The Morgan fingerprint density at radius 1 is 1.14 bits per heavy atom. The van der Waals surface area contributed by atoms with Gasteiger partial charge in [0.25, 0.3) is 0 Å². The van der Waals surface area contributed by atoms with Gasteiger partial charge in [-0.25, -0.2) is 4.98 Å². The van der Waals surface area contributed by atoms with Gasteiger partial charge in [-0.1, -0.05) is 30.3 Å². The Hall–Kier alpha value is -2.14. The Morgan fingerprint density at radius 2 is 1.86 bits per heavy atom. The molecule has 1 aliphatic rings. The lowest BCUT2D eigenvalue weighted by atomic mass is 10.2. The molecule has 0 aliphatic carbocycles. The highest BCUT2D eigenvalue weighted by Crippen LogP contribution is 2.16. The molecule has 1 fully saturated rings. The van der Waals surface area contributed by atoms with Crippen LogP contribution in [0, 0.1) is 0 Å². The molecule has 1 aromatic carbocycles. The van der Waals surface area contributed by atoms with Crippen LogP contribution in [0.2, 0.25) is 0 Å². The lowest BCUT2D eigenvalue weighted by Gasteiger charge is -2.35. The van der Waals surface area contributed by atoms with Gasteiger partial charge >= 0.3 is 0 Å². The third-order valence-corrected chi connectivity index (χ3v) is 3.90. The van der Waals surface area contributed by atoms with Crippen LogP contribution in [0.4, 0.5) is 5.95 Å². The number of aryl methyl sites for hydroxylation is 1. The third kappa shape index (κ3) is 3.13. The van der Waals surface area contributed by atoms with E-state index in [4.69, 9.17) is 0 Å². The second-order valence-corrected chi connectivity index (χ2v) is 5.44. The first-order valence-corrected chi connectivity index (χ1v) is 7.26. The summed E-state index contributed by atoms with van der Waals surface area (Å²) in [4.78, 5) is 19.9. The van der Waals surface area contributed by atoms with Crippen molar-refractivity contribution in [1.29, 1.82) is 0 Å². The van der Waals surface area contributed by atoms with Gasteiger partial charge in [0.15, 0.2) is 6.29 Å². The quantitative estimate of drug-likeness (QED) is 0.799. The van der Waals surface area contributed by atoms with Crippen molar-refractivity contribution in [1.82, 2.24) is 14.5 Å². The van der Waals surface area contributed by atoms with E-state index in [1.807, 2.05) is 17.7 Å². The molecule has 1 aliphatic heterocycles. The van der Waals surface area contributed by atoms with Crippen LogP contribution >= 0.6 is 0 Å². The van der Waals surface area contributed by atoms with Crippen LogP contribution < -0.4 is 4.90 Å². The molecule has 5 nitrogen and oxygen atoms in total. The summed E-state index contributed by atoms with van der Waals surface area (Å²) in [5.41, 5.74) is 1.85. The number of imidazole rings is 1. The van der Waals surface area contributed by atoms with Gasteiger partial charge in [-0.3, -0.25) is 9.69 Å². The maximum Gasteiger partial charge on any atom is 0.205 e. The summed E-state index contributed by atoms with van der Waals surface area (Å²) in [6, 6.07) is 10.6. The Balaban J connectivity index is 1.60. The van der Waals surface area contributed by atoms with E-state index in [2.05, 4.69) is 39.0 Å². The number of carbonyl (C=O) groups excluding carboxylic acids is 1. The van der Waals surface area contributed by atoms with Crippen LogP contribution in [0.3, 0.4) is 0 Å². The van der Waals surface area contributed by atoms with Gasteiger partial charge in [0.05, 0.1) is 0 Å². The van der Waals surface area contributed by atoms with Crippen molar-refractivity contribution in [3.63, 3.8) is 0 Å². The summed E-state index contributed by atoms with van der Waals surface area (Å²) in [7, 11) is 1.94. The van der Waals surface area contributed by atoms with Crippen molar-refractivity contribution < 1.29 is 4.79 Å². The monoisotopic (exact) mass is 284 g/mol. The van der Waals surface area contributed by atoms with E-state index in [1.165, 1.54) is 5.56 Å². The van der Waals surface area contributed by atoms with Crippen molar-refractivity contribution in [2.75, 3.05) is 31.1 Å². The number of rotatable bonds is 4. The molecule has 0 radical (unpaired) electrons. The van der Waals surface area contributed by atoms with E-state index in [1.54, 1.807) is 6.20 Å². The van der Waals surface area contributed by atoms with E-state index in [0.29, 0.717) is 5.69 Å². The van der Waals surface area contributed by atoms with E-state index in [0.717, 1.165) is 45.0 Å². The Labute approximate surface area is 124 Å². The van der Waals surface area contributed by atoms with Crippen LogP contribution in [0.15, 0.2) is 36.5 Å². The van der Waals surface area contributed by atoms with Crippen molar-refractivity contribution in [3.8, 4) is 0 Å². The van der Waals surface area contributed by atoms with E-state index in [9.17, 15) is 4.79 Å². The molecule has 0 amide bonds. The van der Waals surface area contributed by atoms with Gasteiger partial charge < -0.3 is 9.47 Å². The Bertz CT molecular complexity index is 600. The lowest BCUT2D eigenvalue weighted by Crippen LogP contribution is -2.46. The van der Waals surface area contributed by atoms with Crippen LogP contribution in [0.25, 0.3) is 0 Å². The fraction of sp³-hybridized carbons (Fsp3) is 0.375. The normalized spacial score (nSPS) is 16.1.